The molecule has 1 heterocycles. The Hall–Kier alpha value is -0.740. The topological polar surface area (TPSA) is 38.5 Å². The Morgan fingerprint density at radius 1 is 1.42 bits per heavy atom. The van der Waals surface area contributed by atoms with Crippen molar-refractivity contribution in [2.24, 2.45) is 0 Å². The molecule has 0 bridgehead atoms. The van der Waals surface area contributed by atoms with E-state index in [0.29, 0.717) is 11.7 Å². The Kier molecular flexibility index (Phi) is 5.11. The van der Waals surface area contributed by atoms with Gasteiger partial charge < -0.3 is 15.4 Å². The molecule has 1 unspecified atom stereocenters. The van der Waals surface area contributed by atoms with Crippen LogP contribution in [0.1, 0.15) is 31.2 Å². The minimum atomic E-state index is 0.658. The van der Waals surface area contributed by atoms with E-state index < -0.39 is 0 Å². The van der Waals surface area contributed by atoms with E-state index in [4.69, 9.17) is 10.5 Å². The molecule has 2 N–H and O–H groups in total. The van der Waals surface area contributed by atoms with Crippen molar-refractivity contribution in [2.45, 2.75) is 38.6 Å². The smallest absolute Gasteiger partial charge is 0.145 e. The molecule has 1 fully saturated rings. The van der Waals surface area contributed by atoms with E-state index >= 15 is 0 Å². The second-order valence-corrected chi connectivity index (χ2v) is 6.32. The van der Waals surface area contributed by atoms with Crippen LogP contribution in [0.5, 0.6) is 5.75 Å². The summed E-state index contributed by atoms with van der Waals surface area (Å²) >= 11 is 3.44. The lowest BCUT2D eigenvalue weighted by Gasteiger charge is -2.32. The molecule has 0 spiro atoms. The lowest BCUT2D eigenvalue weighted by Crippen LogP contribution is -2.37. The Morgan fingerprint density at radius 2 is 2.21 bits per heavy atom. The van der Waals surface area contributed by atoms with E-state index in [9.17, 15) is 0 Å². The first-order valence-electron chi connectivity index (χ1n) is 6.96. The largest absolute Gasteiger partial charge is 0.491 e. The maximum atomic E-state index is 6.00. The molecule has 4 heteroatoms. The summed E-state index contributed by atoms with van der Waals surface area (Å²) in [5.41, 5.74) is 7.80. The molecule has 19 heavy (non-hydrogen) atoms. The number of anilines is 1. The SMILES string of the molecule is Cc1cc(Br)cc(N)c1OCCC1CCCCN1C. The van der Waals surface area contributed by atoms with Gasteiger partial charge in [-0.15, -0.1) is 0 Å². The molecular weight excluding hydrogens is 304 g/mol. The summed E-state index contributed by atoms with van der Waals surface area (Å²) in [6, 6.07) is 4.60. The average molecular weight is 327 g/mol. The predicted octanol–water partition coefficient (Wildman–Crippen LogP) is 3.59. The lowest BCUT2D eigenvalue weighted by atomic mass is 10.0. The van der Waals surface area contributed by atoms with Crippen LogP contribution in [-0.2, 0) is 0 Å². The van der Waals surface area contributed by atoms with Crippen molar-refractivity contribution >= 4 is 21.6 Å². The molecule has 0 amide bonds. The number of rotatable bonds is 4. The van der Waals surface area contributed by atoms with Gasteiger partial charge in [0.25, 0.3) is 0 Å². The second-order valence-electron chi connectivity index (χ2n) is 5.41. The molecule has 0 aromatic heterocycles. The van der Waals surface area contributed by atoms with Gasteiger partial charge in [-0.2, -0.15) is 0 Å². The number of benzene rings is 1. The Morgan fingerprint density at radius 3 is 2.89 bits per heavy atom. The molecule has 0 radical (unpaired) electrons. The quantitative estimate of drug-likeness (QED) is 0.859. The normalized spacial score (nSPS) is 20.5. The van der Waals surface area contributed by atoms with Crippen LogP contribution in [0.2, 0.25) is 0 Å². The highest BCUT2D eigenvalue weighted by Gasteiger charge is 2.18. The third-order valence-electron chi connectivity index (χ3n) is 3.89. The van der Waals surface area contributed by atoms with Crippen LogP contribution in [0.15, 0.2) is 16.6 Å². The highest BCUT2D eigenvalue weighted by molar-refractivity contribution is 9.10. The van der Waals surface area contributed by atoms with Crippen molar-refractivity contribution in [1.82, 2.24) is 4.90 Å². The van der Waals surface area contributed by atoms with Crippen LogP contribution in [0.4, 0.5) is 5.69 Å². The molecule has 106 valence electrons. The molecule has 0 aliphatic carbocycles. The number of ether oxygens (including phenoxy) is 1. The van der Waals surface area contributed by atoms with Crippen LogP contribution in [0.25, 0.3) is 0 Å². The number of nitrogen functional groups attached to an aromatic ring is 1. The molecule has 1 atom stereocenters. The highest BCUT2D eigenvalue weighted by Crippen LogP contribution is 2.30. The van der Waals surface area contributed by atoms with Crippen molar-refractivity contribution in [3.05, 3.63) is 22.2 Å². The summed E-state index contributed by atoms with van der Waals surface area (Å²) < 4.78 is 6.90. The molecule has 1 saturated heterocycles. The summed E-state index contributed by atoms with van der Waals surface area (Å²) in [6.07, 6.45) is 5.03. The highest BCUT2D eigenvalue weighted by atomic mass is 79.9. The Balaban J connectivity index is 1.89. The number of hydrogen-bond donors (Lipinski definition) is 1. The Labute approximate surface area is 124 Å². The zero-order valence-electron chi connectivity index (χ0n) is 11.8. The number of nitrogens with two attached hydrogens (primary N) is 1. The van der Waals surface area contributed by atoms with E-state index in [2.05, 4.69) is 27.9 Å². The number of likely N-dealkylation sites (tertiary alicyclic amines) is 1. The summed E-state index contributed by atoms with van der Waals surface area (Å²) in [4.78, 5) is 2.45. The van der Waals surface area contributed by atoms with E-state index in [0.717, 1.165) is 28.8 Å². The maximum absolute atomic E-state index is 6.00. The molecule has 3 nitrogen and oxygen atoms in total. The van der Waals surface area contributed by atoms with Gasteiger partial charge in [0.2, 0.25) is 0 Å². The van der Waals surface area contributed by atoms with Crippen LogP contribution in [-0.4, -0.2) is 31.1 Å². The number of nitrogens with zero attached hydrogens (tertiary/aromatic N) is 1. The molecule has 1 aromatic rings. The van der Waals surface area contributed by atoms with Crippen LogP contribution in [0.3, 0.4) is 0 Å². The lowest BCUT2D eigenvalue weighted by molar-refractivity contribution is 0.153. The van der Waals surface area contributed by atoms with Gasteiger partial charge >= 0.3 is 0 Å². The van der Waals surface area contributed by atoms with Gasteiger partial charge in [0.1, 0.15) is 5.75 Å². The summed E-state index contributed by atoms with van der Waals surface area (Å²) in [5.74, 6) is 0.835. The van der Waals surface area contributed by atoms with Gasteiger partial charge in [0.05, 0.1) is 12.3 Å². The minimum Gasteiger partial charge on any atom is -0.491 e. The minimum absolute atomic E-state index is 0.658. The molecule has 1 aliphatic heterocycles. The number of hydrogen-bond acceptors (Lipinski definition) is 3. The van der Waals surface area contributed by atoms with Crippen molar-refractivity contribution in [1.29, 1.82) is 0 Å². The summed E-state index contributed by atoms with van der Waals surface area (Å²) in [5, 5.41) is 0. The number of halogens is 1. The fraction of sp³-hybridized carbons (Fsp3) is 0.600. The van der Waals surface area contributed by atoms with E-state index in [1.807, 2.05) is 19.1 Å². The monoisotopic (exact) mass is 326 g/mol. The zero-order valence-corrected chi connectivity index (χ0v) is 13.4. The molecular formula is C15H23BrN2O. The van der Waals surface area contributed by atoms with Crippen molar-refractivity contribution in [2.75, 3.05) is 25.9 Å². The third kappa shape index (κ3) is 3.86. The first-order valence-corrected chi connectivity index (χ1v) is 7.76. The van der Waals surface area contributed by atoms with Gasteiger partial charge in [0, 0.05) is 10.5 Å². The van der Waals surface area contributed by atoms with Gasteiger partial charge in [0.15, 0.2) is 0 Å². The number of piperidine rings is 1. The van der Waals surface area contributed by atoms with Crippen LogP contribution < -0.4 is 10.5 Å². The molecule has 1 aliphatic rings. The average Bonchev–Trinajstić information content (AvgIpc) is 2.34. The van der Waals surface area contributed by atoms with E-state index in [1.54, 1.807) is 0 Å². The van der Waals surface area contributed by atoms with Gasteiger partial charge in [-0.05, 0) is 57.5 Å². The van der Waals surface area contributed by atoms with Crippen molar-refractivity contribution in [3.8, 4) is 5.75 Å². The number of aryl methyl sites for hydroxylation is 1. The van der Waals surface area contributed by atoms with Gasteiger partial charge in [-0.25, -0.2) is 0 Å². The van der Waals surface area contributed by atoms with Crippen molar-refractivity contribution < 1.29 is 4.74 Å². The standard InChI is InChI=1S/C15H23BrN2O/c1-11-9-12(16)10-14(17)15(11)19-8-6-13-5-3-4-7-18(13)2/h9-10,13H,3-8,17H2,1-2H3. The van der Waals surface area contributed by atoms with E-state index in [-0.39, 0.29) is 0 Å². The third-order valence-corrected chi connectivity index (χ3v) is 4.34. The summed E-state index contributed by atoms with van der Waals surface area (Å²) in [6.45, 7) is 3.98. The van der Waals surface area contributed by atoms with Gasteiger partial charge in [-0.1, -0.05) is 22.4 Å². The fourth-order valence-electron chi connectivity index (χ4n) is 2.76. The predicted molar refractivity (Wildman–Crippen MR) is 83.7 cm³/mol. The second kappa shape index (κ2) is 6.62. The Bertz CT molecular complexity index is 413. The van der Waals surface area contributed by atoms with Crippen LogP contribution >= 0.6 is 15.9 Å². The molecule has 1 aromatic carbocycles. The maximum Gasteiger partial charge on any atom is 0.145 e. The molecule has 2 rings (SSSR count). The first kappa shape index (κ1) is 14.7. The van der Waals surface area contributed by atoms with E-state index in [1.165, 1.54) is 25.8 Å². The zero-order chi connectivity index (χ0) is 13.8. The van der Waals surface area contributed by atoms with Crippen LogP contribution in [0, 0.1) is 6.92 Å². The first-order chi connectivity index (χ1) is 9.08. The summed E-state index contributed by atoms with van der Waals surface area (Å²) in [7, 11) is 2.21. The van der Waals surface area contributed by atoms with Crippen molar-refractivity contribution in [3.63, 3.8) is 0 Å². The molecule has 0 saturated carbocycles. The van der Waals surface area contributed by atoms with Gasteiger partial charge in [-0.3, -0.25) is 0 Å². The fourth-order valence-corrected chi connectivity index (χ4v) is 3.35.